The third kappa shape index (κ3) is 5.37. The molecule has 0 unspecified atom stereocenters. The van der Waals surface area contributed by atoms with Crippen LogP contribution >= 0.6 is 0 Å². The van der Waals surface area contributed by atoms with E-state index < -0.39 is 14.2 Å². The van der Waals surface area contributed by atoms with E-state index in [0.29, 0.717) is 13.0 Å². The minimum absolute atomic E-state index is 0.0714. The molecular formula is C19H34N2O5Si. The molecule has 1 rings (SSSR count). The summed E-state index contributed by atoms with van der Waals surface area (Å²) in [7, 11) is 0.896. The number of anilines is 1. The molecule has 1 amide bonds. The number of carbonyl (C=O) groups excluding carboxylic acids is 1. The first-order chi connectivity index (χ1) is 12.4. The zero-order valence-corrected chi connectivity index (χ0v) is 18.8. The van der Waals surface area contributed by atoms with Gasteiger partial charge in [-0.15, -0.1) is 0 Å². The fourth-order valence-electron chi connectivity index (χ4n) is 2.32. The van der Waals surface area contributed by atoms with E-state index in [4.69, 9.17) is 19.7 Å². The van der Waals surface area contributed by atoms with Gasteiger partial charge in [0, 0.05) is 11.8 Å². The van der Waals surface area contributed by atoms with Crippen molar-refractivity contribution in [1.29, 1.82) is 0 Å². The molecule has 0 aliphatic carbocycles. The number of amides is 1. The lowest BCUT2D eigenvalue weighted by molar-refractivity contribution is -0.131. The first kappa shape index (κ1) is 23.3. The smallest absolute Gasteiger partial charge is 0.279 e. The molecule has 0 aliphatic heterocycles. The molecule has 27 heavy (non-hydrogen) atoms. The van der Waals surface area contributed by atoms with Gasteiger partial charge < -0.3 is 20.0 Å². The van der Waals surface area contributed by atoms with Crippen molar-refractivity contribution >= 4 is 19.9 Å². The van der Waals surface area contributed by atoms with Gasteiger partial charge in [-0.05, 0) is 30.6 Å². The lowest BCUT2D eigenvalue weighted by Gasteiger charge is -2.38. The molecule has 0 saturated heterocycles. The Balaban J connectivity index is 3.08. The van der Waals surface area contributed by atoms with Crippen LogP contribution in [0.3, 0.4) is 0 Å². The summed E-state index contributed by atoms with van der Waals surface area (Å²) >= 11 is 0. The van der Waals surface area contributed by atoms with Crippen LogP contribution in [0.15, 0.2) is 12.1 Å². The van der Waals surface area contributed by atoms with Gasteiger partial charge in [0.2, 0.25) is 0 Å². The van der Waals surface area contributed by atoms with Crippen LogP contribution in [0.2, 0.25) is 18.1 Å². The van der Waals surface area contributed by atoms with E-state index >= 15 is 0 Å². The molecule has 0 radical (unpaired) electrons. The van der Waals surface area contributed by atoms with Crippen molar-refractivity contribution in [3.05, 3.63) is 17.7 Å². The summed E-state index contributed by atoms with van der Waals surface area (Å²) in [6.07, 6.45) is 0.656. The second kappa shape index (κ2) is 8.94. The van der Waals surface area contributed by atoms with Crippen molar-refractivity contribution in [3.63, 3.8) is 0 Å². The van der Waals surface area contributed by atoms with Gasteiger partial charge in [-0.3, -0.25) is 9.63 Å². The summed E-state index contributed by atoms with van der Waals surface area (Å²) in [5.74, 6) is -0.350. The number of carbonyl (C=O) groups is 1. The molecule has 1 atom stereocenters. The lowest BCUT2D eigenvalue weighted by Crippen LogP contribution is -2.47. The molecule has 1 aromatic carbocycles. The number of aromatic hydroxyl groups is 1. The number of nitrogen functional groups attached to an aromatic ring is 1. The van der Waals surface area contributed by atoms with Gasteiger partial charge in [-0.2, -0.15) is 0 Å². The van der Waals surface area contributed by atoms with E-state index in [1.807, 2.05) is 6.92 Å². The Morgan fingerprint density at radius 1 is 1.30 bits per heavy atom. The van der Waals surface area contributed by atoms with Crippen molar-refractivity contribution < 1.29 is 23.9 Å². The number of hydroxylamine groups is 2. The standard InChI is InChI=1S/C19H34N2O5Si/c1-9-13(12-26-27(7,8)19(2,3)4)21(25-6)18(23)14-10-17(24-5)16(22)11-15(14)20/h10-11,13,22H,9,12,20H2,1-8H3/t13-/m0/s1. The van der Waals surface area contributed by atoms with Crippen LogP contribution in [0.1, 0.15) is 44.5 Å². The van der Waals surface area contributed by atoms with Crippen LogP contribution in [0.4, 0.5) is 5.69 Å². The van der Waals surface area contributed by atoms with Gasteiger partial charge in [0.1, 0.15) is 0 Å². The second-order valence-corrected chi connectivity index (χ2v) is 12.9. The van der Waals surface area contributed by atoms with Gasteiger partial charge in [-0.25, -0.2) is 5.06 Å². The average Bonchev–Trinajstić information content (AvgIpc) is 2.57. The molecule has 0 spiro atoms. The van der Waals surface area contributed by atoms with Gasteiger partial charge >= 0.3 is 0 Å². The molecule has 154 valence electrons. The zero-order chi connectivity index (χ0) is 21.0. The molecule has 0 fully saturated rings. The molecule has 8 heteroatoms. The zero-order valence-electron chi connectivity index (χ0n) is 17.8. The Labute approximate surface area is 163 Å². The van der Waals surface area contributed by atoms with Gasteiger partial charge in [0.25, 0.3) is 5.91 Å². The average molecular weight is 399 g/mol. The minimum Gasteiger partial charge on any atom is -0.504 e. The number of methoxy groups -OCH3 is 1. The first-order valence-corrected chi connectivity index (χ1v) is 12.0. The Morgan fingerprint density at radius 3 is 2.33 bits per heavy atom. The largest absolute Gasteiger partial charge is 0.504 e. The third-order valence-electron chi connectivity index (χ3n) is 5.22. The van der Waals surface area contributed by atoms with Crippen molar-refractivity contribution in [2.45, 2.75) is 58.3 Å². The van der Waals surface area contributed by atoms with Crippen LogP contribution in [-0.4, -0.2) is 51.3 Å². The molecule has 3 N–H and O–H groups in total. The Hall–Kier alpha value is -1.77. The molecule has 0 saturated carbocycles. The highest BCUT2D eigenvalue weighted by molar-refractivity contribution is 6.74. The van der Waals surface area contributed by atoms with E-state index in [-0.39, 0.29) is 33.8 Å². The summed E-state index contributed by atoms with van der Waals surface area (Å²) < 4.78 is 11.4. The number of nitrogens with zero attached hydrogens (tertiary/aromatic N) is 1. The van der Waals surface area contributed by atoms with Crippen molar-refractivity contribution in [3.8, 4) is 11.5 Å². The van der Waals surface area contributed by atoms with Crippen LogP contribution < -0.4 is 10.5 Å². The molecule has 1 aromatic rings. The summed E-state index contributed by atoms with van der Waals surface area (Å²) in [4.78, 5) is 18.4. The van der Waals surface area contributed by atoms with E-state index in [1.54, 1.807) is 0 Å². The number of nitrogens with two attached hydrogens (primary N) is 1. The van der Waals surface area contributed by atoms with Crippen molar-refractivity contribution in [2.75, 3.05) is 26.6 Å². The molecular weight excluding hydrogens is 364 g/mol. The maximum atomic E-state index is 13.0. The van der Waals surface area contributed by atoms with Crippen LogP contribution in [0, 0.1) is 0 Å². The molecule has 0 aliphatic rings. The predicted molar refractivity (Wildman–Crippen MR) is 109 cm³/mol. The topological polar surface area (TPSA) is 94.2 Å². The van der Waals surface area contributed by atoms with Crippen molar-refractivity contribution in [2.24, 2.45) is 0 Å². The van der Waals surface area contributed by atoms with E-state index in [9.17, 15) is 9.90 Å². The fourth-order valence-corrected chi connectivity index (χ4v) is 3.36. The molecule has 0 bridgehead atoms. The molecule has 7 nitrogen and oxygen atoms in total. The van der Waals surface area contributed by atoms with E-state index in [0.717, 1.165) is 0 Å². The highest BCUT2D eigenvalue weighted by atomic mass is 28.4. The summed E-state index contributed by atoms with van der Waals surface area (Å²) in [6, 6.07) is 2.45. The third-order valence-corrected chi connectivity index (χ3v) is 9.72. The molecule has 0 heterocycles. The SMILES string of the molecule is CC[C@@H](CO[Si](C)(C)C(C)(C)C)N(OC)C(=O)c1cc(OC)c(O)cc1N. The van der Waals surface area contributed by atoms with Gasteiger partial charge in [0.15, 0.2) is 19.8 Å². The summed E-state index contributed by atoms with van der Waals surface area (Å²) in [5.41, 5.74) is 6.30. The number of hydrogen-bond donors (Lipinski definition) is 2. The van der Waals surface area contributed by atoms with Gasteiger partial charge in [0.05, 0.1) is 32.4 Å². The number of rotatable bonds is 8. The van der Waals surface area contributed by atoms with Gasteiger partial charge in [-0.1, -0.05) is 27.7 Å². The minimum atomic E-state index is -1.96. The van der Waals surface area contributed by atoms with Crippen LogP contribution in [-0.2, 0) is 9.26 Å². The number of benzene rings is 1. The van der Waals surface area contributed by atoms with E-state index in [2.05, 4.69) is 33.9 Å². The highest BCUT2D eigenvalue weighted by Gasteiger charge is 2.38. The van der Waals surface area contributed by atoms with Crippen LogP contribution in [0.5, 0.6) is 11.5 Å². The normalized spacial score (nSPS) is 13.3. The fraction of sp³-hybridized carbons (Fsp3) is 0.632. The quantitative estimate of drug-likeness (QED) is 0.393. The maximum Gasteiger partial charge on any atom is 0.279 e. The number of ether oxygens (including phenoxy) is 1. The Kier molecular flexibility index (Phi) is 7.71. The van der Waals surface area contributed by atoms with Crippen LogP contribution in [0.25, 0.3) is 0 Å². The predicted octanol–water partition coefficient (Wildman–Crippen LogP) is 3.79. The lowest BCUT2D eigenvalue weighted by atomic mass is 10.1. The maximum absolute atomic E-state index is 13.0. The summed E-state index contributed by atoms with van der Waals surface area (Å²) in [6.45, 7) is 13.2. The van der Waals surface area contributed by atoms with Crippen molar-refractivity contribution in [1.82, 2.24) is 5.06 Å². The Morgan fingerprint density at radius 2 is 1.89 bits per heavy atom. The molecule has 0 aromatic heterocycles. The number of phenolic OH excluding ortho intramolecular Hbond substituents is 1. The number of hydrogen-bond acceptors (Lipinski definition) is 6. The Bertz CT molecular complexity index is 658. The highest BCUT2D eigenvalue weighted by Crippen LogP contribution is 2.37. The second-order valence-electron chi connectivity index (χ2n) is 8.06. The summed E-state index contributed by atoms with van der Waals surface area (Å²) in [5, 5.41) is 11.2. The van der Waals surface area contributed by atoms with E-state index in [1.165, 1.54) is 31.4 Å². The first-order valence-electron chi connectivity index (χ1n) is 9.07. The number of phenols is 1. The monoisotopic (exact) mass is 398 g/mol.